The molecular weight excluding hydrogens is 152 g/mol. The number of hydrogen-bond acceptors (Lipinski definition) is 2. The molecule has 12 heavy (non-hydrogen) atoms. The molecule has 0 aromatic rings. The van der Waals surface area contributed by atoms with Crippen LogP contribution in [0.25, 0.3) is 0 Å². The molecule has 2 N–H and O–H groups in total. The fraction of sp³-hybridized carbons (Fsp3) is 1.00. The fourth-order valence-electron chi connectivity index (χ4n) is 0.867. The van der Waals surface area contributed by atoms with Gasteiger partial charge in [0.2, 0.25) is 0 Å². The van der Waals surface area contributed by atoms with Gasteiger partial charge in [-0.3, -0.25) is 0 Å². The van der Waals surface area contributed by atoms with E-state index in [0.29, 0.717) is 12.8 Å². The number of aliphatic hydroxyl groups excluding tert-OH is 1. The highest BCUT2D eigenvalue weighted by Crippen LogP contribution is 2.27. The van der Waals surface area contributed by atoms with E-state index >= 15 is 0 Å². The molecule has 0 rings (SSSR count). The lowest BCUT2D eigenvalue weighted by molar-refractivity contribution is -0.0360. The lowest BCUT2D eigenvalue weighted by atomic mass is 9.82. The largest absolute Gasteiger partial charge is 0.392 e. The first kappa shape index (κ1) is 11.9. The van der Waals surface area contributed by atoms with E-state index < -0.39 is 11.7 Å². The Morgan fingerprint density at radius 1 is 1.17 bits per heavy atom. The lowest BCUT2D eigenvalue weighted by Gasteiger charge is -2.32. The summed E-state index contributed by atoms with van der Waals surface area (Å²) in [5.74, 6) is 0. The Kier molecular flexibility index (Phi) is 3.73. The molecule has 0 heterocycles. The van der Waals surface area contributed by atoms with Gasteiger partial charge in [-0.25, -0.2) is 0 Å². The van der Waals surface area contributed by atoms with Gasteiger partial charge >= 0.3 is 0 Å². The summed E-state index contributed by atoms with van der Waals surface area (Å²) < 4.78 is 0. The van der Waals surface area contributed by atoms with Crippen molar-refractivity contribution in [2.45, 2.75) is 59.2 Å². The van der Waals surface area contributed by atoms with E-state index in [1.807, 2.05) is 27.7 Å². The molecule has 0 amide bonds. The van der Waals surface area contributed by atoms with E-state index in [1.165, 1.54) is 0 Å². The molecule has 0 aliphatic carbocycles. The fourth-order valence-corrected chi connectivity index (χ4v) is 0.867. The van der Waals surface area contributed by atoms with Gasteiger partial charge in [0.05, 0.1) is 11.7 Å². The predicted molar refractivity (Wildman–Crippen MR) is 51.0 cm³/mol. The summed E-state index contributed by atoms with van der Waals surface area (Å²) in [5.41, 5.74) is -0.869. The maximum Gasteiger partial charge on any atom is 0.0642 e. The van der Waals surface area contributed by atoms with E-state index in [2.05, 4.69) is 0 Å². The first-order valence-electron chi connectivity index (χ1n) is 4.59. The Labute approximate surface area is 75.6 Å². The Bertz CT molecular complexity index is 133. The van der Waals surface area contributed by atoms with E-state index in [-0.39, 0.29) is 5.41 Å². The van der Waals surface area contributed by atoms with Crippen molar-refractivity contribution >= 4 is 0 Å². The molecule has 74 valence electrons. The zero-order valence-corrected chi connectivity index (χ0v) is 8.89. The highest BCUT2D eigenvalue weighted by atomic mass is 16.3. The Balaban J connectivity index is 4.09. The Hall–Kier alpha value is -0.0800. The molecule has 0 aliphatic rings. The summed E-state index contributed by atoms with van der Waals surface area (Å²) in [6.07, 6.45) is 0.695. The van der Waals surface area contributed by atoms with Crippen molar-refractivity contribution in [3.05, 3.63) is 0 Å². The number of hydrogen-bond donors (Lipinski definition) is 2. The maximum absolute atomic E-state index is 9.70. The molecule has 2 heteroatoms. The lowest BCUT2D eigenvalue weighted by Crippen LogP contribution is -2.36. The minimum atomic E-state index is -0.729. The first-order valence-corrected chi connectivity index (χ1v) is 4.59. The van der Waals surface area contributed by atoms with Crippen LogP contribution in [0.2, 0.25) is 0 Å². The minimum absolute atomic E-state index is 0.140. The second-order valence-corrected chi connectivity index (χ2v) is 4.94. The molecule has 0 aliphatic heterocycles. The Morgan fingerprint density at radius 2 is 1.58 bits per heavy atom. The highest BCUT2D eigenvalue weighted by molar-refractivity contribution is 4.81. The van der Waals surface area contributed by atoms with Gasteiger partial charge in [-0.2, -0.15) is 0 Å². The van der Waals surface area contributed by atoms with Gasteiger partial charge in [0.1, 0.15) is 0 Å². The number of rotatable bonds is 3. The van der Waals surface area contributed by atoms with E-state index in [1.54, 1.807) is 6.92 Å². The smallest absolute Gasteiger partial charge is 0.0642 e. The van der Waals surface area contributed by atoms with E-state index in [9.17, 15) is 10.2 Å². The monoisotopic (exact) mass is 174 g/mol. The van der Waals surface area contributed by atoms with Crippen LogP contribution < -0.4 is 0 Å². The summed E-state index contributed by atoms with van der Waals surface area (Å²) in [6.45, 7) is 9.62. The molecular formula is C10H22O2. The Morgan fingerprint density at radius 3 is 1.83 bits per heavy atom. The normalized spacial score (nSPS) is 20.2. The molecule has 0 aromatic heterocycles. The standard InChI is InChI=1S/C10H22O2/c1-6-10(5,12)7-8(11)9(2,3)4/h8,11-12H,6-7H2,1-5H3. The zero-order chi connectivity index (χ0) is 9.99. The molecule has 0 fully saturated rings. The molecule has 0 spiro atoms. The first-order chi connectivity index (χ1) is 5.19. The van der Waals surface area contributed by atoms with Crippen LogP contribution in [-0.2, 0) is 0 Å². The van der Waals surface area contributed by atoms with Gasteiger partial charge in [0.25, 0.3) is 0 Å². The molecule has 2 unspecified atom stereocenters. The van der Waals surface area contributed by atoms with Gasteiger partial charge in [-0.15, -0.1) is 0 Å². The number of aliphatic hydroxyl groups is 2. The van der Waals surface area contributed by atoms with Crippen molar-refractivity contribution in [2.24, 2.45) is 5.41 Å². The van der Waals surface area contributed by atoms with Gasteiger partial charge in [0, 0.05) is 6.42 Å². The molecule has 0 aromatic carbocycles. The predicted octanol–water partition coefficient (Wildman–Crippen LogP) is 1.94. The van der Waals surface area contributed by atoms with Gasteiger partial charge in [-0.05, 0) is 18.8 Å². The summed E-state index contributed by atoms with van der Waals surface area (Å²) in [6, 6.07) is 0. The van der Waals surface area contributed by atoms with Crippen LogP contribution >= 0.6 is 0 Å². The van der Waals surface area contributed by atoms with Crippen LogP contribution in [0.1, 0.15) is 47.5 Å². The molecule has 0 saturated carbocycles. The second kappa shape index (κ2) is 3.75. The maximum atomic E-state index is 9.70. The average molecular weight is 174 g/mol. The molecule has 0 radical (unpaired) electrons. The summed E-state index contributed by atoms with van der Waals surface area (Å²) >= 11 is 0. The summed E-state index contributed by atoms with van der Waals surface area (Å²) in [4.78, 5) is 0. The quantitative estimate of drug-likeness (QED) is 0.686. The van der Waals surface area contributed by atoms with Crippen LogP contribution in [0.4, 0.5) is 0 Å². The van der Waals surface area contributed by atoms with Crippen molar-refractivity contribution in [3.8, 4) is 0 Å². The van der Waals surface area contributed by atoms with Crippen molar-refractivity contribution in [3.63, 3.8) is 0 Å². The SMILES string of the molecule is CCC(C)(O)CC(O)C(C)(C)C. The molecule has 0 saturated heterocycles. The van der Waals surface area contributed by atoms with Crippen LogP contribution in [0.5, 0.6) is 0 Å². The van der Waals surface area contributed by atoms with Crippen LogP contribution in [0.3, 0.4) is 0 Å². The third kappa shape index (κ3) is 4.07. The molecule has 0 bridgehead atoms. The van der Waals surface area contributed by atoms with Crippen LogP contribution in [-0.4, -0.2) is 21.9 Å². The van der Waals surface area contributed by atoms with Crippen LogP contribution in [0, 0.1) is 5.41 Å². The summed E-state index contributed by atoms with van der Waals surface area (Å²) in [5, 5.41) is 19.4. The van der Waals surface area contributed by atoms with Gasteiger partial charge in [-0.1, -0.05) is 27.7 Å². The third-order valence-electron chi connectivity index (χ3n) is 2.39. The van der Waals surface area contributed by atoms with Crippen molar-refractivity contribution in [1.82, 2.24) is 0 Å². The summed E-state index contributed by atoms with van der Waals surface area (Å²) in [7, 11) is 0. The van der Waals surface area contributed by atoms with E-state index in [4.69, 9.17) is 0 Å². The van der Waals surface area contributed by atoms with E-state index in [0.717, 1.165) is 0 Å². The highest BCUT2D eigenvalue weighted by Gasteiger charge is 2.29. The average Bonchev–Trinajstić information content (AvgIpc) is 1.85. The van der Waals surface area contributed by atoms with Crippen molar-refractivity contribution in [1.29, 1.82) is 0 Å². The van der Waals surface area contributed by atoms with Crippen LogP contribution in [0.15, 0.2) is 0 Å². The van der Waals surface area contributed by atoms with Crippen molar-refractivity contribution < 1.29 is 10.2 Å². The second-order valence-electron chi connectivity index (χ2n) is 4.94. The minimum Gasteiger partial charge on any atom is -0.392 e. The van der Waals surface area contributed by atoms with Gasteiger partial charge in [0.15, 0.2) is 0 Å². The molecule has 2 nitrogen and oxygen atoms in total. The topological polar surface area (TPSA) is 40.5 Å². The third-order valence-corrected chi connectivity index (χ3v) is 2.39. The van der Waals surface area contributed by atoms with Crippen molar-refractivity contribution in [2.75, 3.05) is 0 Å². The molecule has 2 atom stereocenters. The van der Waals surface area contributed by atoms with Gasteiger partial charge < -0.3 is 10.2 Å². The zero-order valence-electron chi connectivity index (χ0n) is 8.89.